The number of halogens is 2. The number of carbonyl (C=O) groups is 2. The van der Waals surface area contributed by atoms with Gasteiger partial charge in [0.05, 0.1) is 11.6 Å². The molecule has 0 spiro atoms. The van der Waals surface area contributed by atoms with E-state index in [4.69, 9.17) is 16.1 Å². The number of nitrogens with zero attached hydrogens (tertiary/aromatic N) is 2. The molecule has 6 nitrogen and oxygen atoms in total. The minimum absolute atomic E-state index is 0.0275. The third kappa shape index (κ3) is 3.47. The number of benzene rings is 2. The lowest BCUT2D eigenvalue weighted by Gasteiger charge is -2.22. The van der Waals surface area contributed by atoms with Crippen LogP contribution in [-0.4, -0.2) is 22.0 Å². The van der Waals surface area contributed by atoms with Gasteiger partial charge in [0.1, 0.15) is 11.5 Å². The number of carbonyl (C=O) groups excluding carboxylic acids is 2. The highest BCUT2D eigenvalue weighted by Crippen LogP contribution is 2.42. The summed E-state index contributed by atoms with van der Waals surface area (Å²) in [4.78, 5) is 27.1. The van der Waals surface area contributed by atoms with Crippen LogP contribution in [0.2, 0.25) is 5.02 Å². The summed E-state index contributed by atoms with van der Waals surface area (Å²) in [6.45, 7) is 1.69. The van der Waals surface area contributed by atoms with Crippen LogP contribution in [0.4, 0.5) is 5.82 Å². The average molecular weight is 474 g/mol. The van der Waals surface area contributed by atoms with Gasteiger partial charge < -0.3 is 9.63 Å². The molecule has 29 heavy (non-hydrogen) atoms. The van der Waals surface area contributed by atoms with Crippen LogP contribution in [0.15, 0.2) is 69.2 Å². The van der Waals surface area contributed by atoms with Crippen LogP contribution in [0.1, 0.15) is 22.9 Å². The van der Waals surface area contributed by atoms with Gasteiger partial charge in [-0.15, -0.1) is 0 Å². The molecular weight excluding hydrogens is 460 g/mol. The van der Waals surface area contributed by atoms with Gasteiger partial charge in [-0.25, -0.2) is 0 Å². The van der Waals surface area contributed by atoms with Crippen molar-refractivity contribution >= 4 is 50.8 Å². The minimum Gasteiger partial charge on any atom is -0.507 e. The first-order chi connectivity index (χ1) is 13.9. The van der Waals surface area contributed by atoms with Crippen molar-refractivity contribution in [3.63, 3.8) is 0 Å². The predicted octanol–water partition coefficient (Wildman–Crippen LogP) is 5.03. The van der Waals surface area contributed by atoms with Crippen molar-refractivity contribution in [3.05, 3.63) is 86.6 Å². The maximum atomic E-state index is 12.9. The molecule has 1 aliphatic rings. The largest absolute Gasteiger partial charge is 0.507 e. The van der Waals surface area contributed by atoms with Gasteiger partial charge in [0.2, 0.25) is 0 Å². The fourth-order valence-electron chi connectivity index (χ4n) is 3.26. The fraction of sp³-hybridized carbons (Fsp3) is 0.0952. The molecule has 1 aliphatic heterocycles. The zero-order chi connectivity index (χ0) is 20.7. The third-order valence-corrected chi connectivity index (χ3v) is 5.39. The van der Waals surface area contributed by atoms with Crippen molar-refractivity contribution in [1.82, 2.24) is 5.16 Å². The number of anilines is 1. The standard InChI is InChI=1S/C21H14BrClN2O4/c1-11-10-16(24-29-11)25-18(12-2-6-14(22)7-3-12)17(20(27)21(25)28)19(26)13-4-8-15(23)9-5-13/h2-10,18,26H,1H3/b19-17+. The van der Waals surface area contributed by atoms with E-state index >= 15 is 0 Å². The number of amides is 1. The van der Waals surface area contributed by atoms with Gasteiger partial charge in [0, 0.05) is 21.1 Å². The molecule has 146 valence electrons. The van der Waals surface area contributed by atoms with Crippen molar-refractivity contribution in [2.24, 2.45) is 0 Å². The number of aliphatic hydroxyl groups is 1. The first-order valence-corrected chi connectivity index (χ1v) is 9.79. The molecule has 4 rings (SSSR count). The van der Waals surface area contributed by atoms with E-state index in [1.54, 1.807) is 61.5 Å². The fourth-order valence-corrected chi connectivity index (χ4v) is 3.65. The third-order valence-electron chi connectivity index (χ3n) is 4.61. The number of hydrogen-bond donors (Lipinski definition) is 1. The highest BCUT2D eigenvalue weighted by atomic mass is 79.9. The minimum atomic E-state index is -0.858. The summed E-state index contributed by atoms with van der Waals surface area (Å²) in [5.74, 6) is -1.18. The number of aliphatic hydroxyl groups excluding tert-OH is 1. The molecule has 0 saturated carbocycles. The molecule has 1 atom stereocenters. The summed E-state index contributed by atoms with van der Waals surface area (Å²) in [7, 11) is 0. The van der Waals surface area contributed by atoms with Gasteiger partial charge in [-0.2, -0.15) is 0 Å². The molecular formula is C21H14BrClN2O4. The van der Waals surface area contributed by atoms with Crippen molar-refractivity contribution < 1.29 is 19.2 Å². The van der Waals surface area contributed by atoms with E-state index in [9.17, 15) is 14.7 Å². The average Bonchev–Trinajstić information content (AvgIpc) is 3.24. The lowest BCUT2D eigenvalue weighted by molar-refractivity contribution is -0.132. The molecule has 0 aliphatic carbocycles. The van der Waals surface area contributed by atoms with Gasteiger partial charge in [0.15, 0.2) is 5.82 Å². The first-order valence-electron chi connectivity index (χ1n) is 8.62. The molecule has 1 unspecified atom stereocenters. The smallest absolute Gasteiger partial charge is 0.301 e. The first kappa shape index (κ1) is 19.4. The Bertz CT molecular complexity index is 1140. The molecule has 3 aromatic rings. The Balaban J connectivity index is 1.93. The predicted molar refractivity (Wildman–Crippen MR) is 112 cm³/mol. The Morgan fingerprint density at radius 3 is 2.38 bits per heavy atom. The second kappa shape index (κ2) is 7.50. The Labute approximate surface area is 179 Å². The number of rotatable bonds is 3. The second-order valence-corrected chi connectivity index (χ2v) is 7.88. The van der Waals surface area contributed by atoms with E-state index in [1.165, 1.54) is 4.90 Å². The summed E-state index contributed by atoms with van der Waals surface area (Å²) in [5, 5.41) is 15.3. The van der Waals surface area contributed by atoms with E-state index in [0.717, 1.165) is 4.47 Å². The van der Waals surface area contributed by atoms with Gasteiger partial charge in [-0.1, -0.05) is 44.8 Å². The Morgan fingerprint density at radius 2 is 1.79 bits per heavy atom. The van der Waals surface area contributed by atoms with E-state index in [0.29, 0.717) is 21.9 Å². The number of aromatic nitrogens is 1. The van der Waals surface area contributed by atoms with Crippen molar-refractivity contribution in [1.29, 1.82) is 0 Å². The van der Waals surface area contributed by atoms with Crippen LogP contribution in [0, 0.1) is 6.92 Å². The Hall–Kier alpha value is -2.90. The van der Waals surface area contributed by atoms with Gasteiger partial charge >= 0.3 is 5.91 Å². The Morgan fingerprint density at radius 1 is 1.14 bits per heavy atom. The second-order valence-electron chi connectivity index (χ2n) is 6.52. The number of aryl methyl sites for hydroxylation is 1. The molecule has 2 heterocycles. The van der Waals surface area contributed by atoms with Crippen LogP contribution in [0.3, 0.4) is 0 Å². The van der Waals surface area contributed by atoms with Crippen LogP contribution in [0.5, 0.6) is 0 Å². The lowest BCUT2D eigenvalue weighted by Crippen LogP contribution is -2.29. The van der Waals surface area contributed by atoms with E-state index < -0.39 is 17.7 Å². The molecule has 0 bridgehead atoms. The van der Waals surface area contributed by atoms with Crippen LogP contribution >= 0.6 is 27.5 Å². The highest BCUT2D eigenvalue weighted by molar-refractivity contribution is 9.10. The molecule has 1 aromatic heterocycles. The maximum absolute atomic E-state index is 12.9. The SMILES string of the molecule is Cc1cc(N2C(=O)C(=O)/C(=C(/O)c3ccc(Cl)cc3)C2c2ccc(Br)cc2)no1. The summed E-state index contributed by atoms with van der Waals surface area (Å²) in [6, 6.07) is 14.2. The summed E-state index contributed by atoms with van der Waals surface area (Å²) in [5.41, 5.74) is 0.995. The molecule has 1 amide bonds. The highest BCUT2D eigenvalue weighted by Gasteiger charge is 2.48. The quantitative estimate of drug-likeness (QED) is 0.328. The molecule has 1 saturated heterocycles. The number of hydrogen-bond acceptors (Lipinski definition) is 5. The van der Waals surface area contributed by atoms with Gasteiger partial charge in [0.25, 0.3) is 5.78 Å². The van der Waals surface area contributed by atoms with Crippen LogP contribution < -0.4 is 4.90 Å². The monoisotopic (exact) mass is 472 g/mol. The normalized spacial score (nSPS) is 18.4. The topological polar surface area (TPSA) is 83.6 Å². The molecule has 0 radical (unpaired) electrons. The van der Waals surface area contributed by atoms with E-state index in [-0.39, 0.29) is 17.2 Å². The van der Waals surface area contributed by atoms with Gasteiger partial charge in [-0.3, -0.25) is 14.5 Å². The Kier molecular flexibility index (Phi) is 5.02. The molecule has 1 fully saturated rings. The van der Waals surface area contributed by atoms with Crippen molar-refractivity contribution in [2.45, 2.75) is 13.0 Å². The summed E-state index contributed by atoms with van der Waals surface area (Å²) >= 11 is 9.30. The maximum Gasteiger partial charge on any atom is 0.301 e. The van der Waals surface area contributed by atoms with Crippen LogP contribution in [-0.2, 0) is 9.59 Å². The number of Topliss-reactive ketones (excluding diaryl/α,β-unsaturated/α-hetero) is 1. The van der Waals surface area contributed by atoms with Crippen LogP contribution in [0.25, 0.3) is 5.76 Å². The van der Waals surface area contributed by atoms with E-state index in [1.807, 2.05) is 0 Å². The van der Waals surface area contributed by atoms with E-state index in [2.05, 4.69) is 21.1 Å². The molecule has 8 heteroatoms. The molecule has 1 N–H and O–H groups in total. The number of ketones is 1. The zero-order valence-electron chi connectivity index (χ0n) is 15.1. The lowest BCUT2D eigenvalue weighted by atomic mass is 9.95. The summed E-state index contributed by atoms with van der Waals surface area (Å²) in [6.07, 6.45) is 0. The molecule has 2 aromatic carbocycles. The summed E-state index contributed by atoms with van der Waals surface area (Å²) < 4.78 is 5.94. The van der Waals surface area contributed by atoms with Gasteiger partial charge in [-0.05, 0) is 48.9 Å². The van der Waals surface area contributed by atoms with Crippen molar-refractivity contribution in [3.8, 4) is 0 Å². The zero-order valence-corrected chi connectivity index (χ0v) is 17.4. The van der Waals surface area contributed by atoms with Crippen molar-refractivity contribution in [2.75, 3.05) is 4.90 Å².